The van der Waals surface area contributed by atoms with Crippen LogP contribution in [0.3, 0.4) is 0 Å². The van der Waals surface area contributed by atoms with Gasteiger partial charge in [-0.25, -0.2) is 0 Å². The van der Waals surface area contributed by atoms with Crippen molar-refractivity contribution in [2.45, 2.75) is 14.7 Å². The monoisotopic (exact) mass is 822 g/mol. The first-order valence-corrected chi connectivity index (χ1v) is 19.8. The number of fused-ring (bicyclic) bond motifs is 2. The summed E-state index contributed by atoms with van der Waals surface area (Å²) in [5.41, 5.74) is 5.55. The van der Waals surface area contributed by atoms with Crippen molar-refractivity contribution in [1.82, 2.24) is 0 Å². The fraction of sp³-hybridized carbons (Fsp3) is 0.0294. The number of nitrogen functional groups attached to an aromatic ring is 1. The number of nitrogens with two attached hydrogens (primary N) is 1. The van der Waals surface area contributed by atoms with Crippen molar-refractivity contribution in [1.29, 1.82) is 0 Å². The number of methoxy groups -OCH3 is 1. The Morgan fingerprint density at radius 1 is 0.661 bits per heavy atom. The average molecular weight is 823 g/mol. The van der Waals surface area contributed by atoms with Crippen molar-refractivity contribution in [2.75, 3.05) is 18.2 Å². The second-order valence-electron chi connectivity index (χ2n) is 11.7. The van der Waals surface area contributed by atoms with Gasteiger partial charge >= 0.3 is 0 Å². The summed E-state index contributed by atoms with van der Waals surface area (Å²) in [5, 5.41) is 40.2. The summed E-state index contributed by atoms with van der Waals surface area (Å²) in [6.45, 7) is 0. The van der Waals surface area contributed by atoms with Gasteiger partial charge in [-0.1, -0.05) is 6.07 Å². The molecule has 288 valence electrons. The maximum atomic E-state index is 12.7. The molecule has 19 nitrogen and oxygen atoms in total. The summed E-state index contributed by atoms with van der Waals surface area (Å²) in [4.78, 5) is 10.2. The number of rotatable bonds is 10. The largest absolute Gasteiger partial charge is 0.506 e. The van der Waals surface area contributed by atoms with Gasteiger partial charge in [0.15, 0.2) is 5.75 Å². The zero-order valence-corrected chi connectivity index (χ0v) is 30.7. The third kappa shape index (κ3) is 8.24. The first kappa shape index (κ1) is 39.1. The van der Waals surface area contributed by atoms with Crippen molar-refractivity contribution in [2.24, 2.45) is 20.5 Å². The number of carbonyl (C=O) groups excluding carboxylic acids is 1. The fourth-order valence-electron chi connectivity index (χ4n) is 5.36. The molecule has 0 bridgehead atoms. The van der Waals surface area contributed by atoms with E-state index in [1.165, 1.54) is 67.8 Å². The zero-order chi connectivity index (χ0) is 40.7. The van der Waals surface area contributed by atoms with Gasteiger partial charge in [-0.3, -0.25) is 18.5 Å². The van der Waals surface area contributed by atoms with Gasteiger partial charge in [0.1, 0.15) is 38.4 Å². The van der Waals surface area contributed by atoms with E-state index in [0.29, 0.717) is 11.8 Å². The maximum Gasteiger partial charge on any atom is 0.296 e. The lowest BCUT2D eigenvalue weighted by atomic mass is 10.1. The molecule has 0 spiro atoms. The van der Waals surface area contributed by atoms with Crippen molar-refractivity contribution in [3.63, 3.8) is 0 Å². The predicted molar refractivity (Wildman–Crippen MR) is 201 cm³/mol. The van der Waals surface area contributed by atoms with E-state index in [1.807, 2.05) is 0 Å². The number of hydrogen-bond donors (Lipinski definition) is 7. The minimum absolute atomic E-state index is 0.0254. The quantitative estimate of drug-likeness (QED) is 0.0424. The first-order valence-electron chi connectivity index (χ1n) is 15.4. The number of phenolic OH excluding ortho intramolecular Hbond substituents is 2. The molecule has 8 N–H and O–H groups in total. The Bertz CT molecular complexity index is 3010. The lowest BCUT2D eigenvalue weighted by Gasteiger charge is -2.11. The minimum Gasteiger partial charge on any atom is -0.506 e. The van der Waals surface area contributed by atoms with Gasteiger partial charge in [-0.2, -0.15) is 30.4 Å². The Morgan fingerprint density at radius 2 is 1.30 bits per heavy atom. The molecule has 22 heteroatoms. The third-order valence-electron chi connectivity index (χ3n) is 8.01. The molecule has 0 radical (unpaired) electrons. The van der Waals surface area contributed by atoms with Gasteiger partial charge in [-0.05, 0) is 83.6 Å². The molecule has 0 fully saturated rings. The van der Waals surface area contributed by atoms with Crippen LogP contribution in [-0.2, 0) is 30.4 Å². The van der Waals surface area contributed by atoms with Gasteiger partial charge in [0.05, 0.1) is 17.7 Å². The van der Waals surface area contributed by atoms with Crippen LogP contribution in [0.5, 0.6) is 17.2 Å². The van der Waals surface area contributed by atoms with Crippen molar-refractivity contribution >= 4 is 91.9 Å². The highest BCUT2D eigenvalue weighted by molar-refractivity contribution is 7.87. The molecule has 0 aliphatic heterocycles. The zero-order valence-electron chi connectivity index (χ0n) is 28.3. The number of hydrogen-bond acceptors (Lipinski definition) is 15. The first-order chi connectivity index (χ1) is 26.2. The predicted octanol–water partition coefficient (Wildman–Crippen LogP) is 6.82. The molecule has 56 heavy (non-hydrogen) atoms. The summed E-state index contributed by atoms with van der Waals surface area (Å²) >= 11 is 0. The lowest BCUT2D eigenvalue weighted by molar-refractivity contribution is 0.102. The van der Waals surface area contributed by atoms with Gasteiger partial charge in [0.25, 0.3) is 36.3 Å². The van der Waals surface area contributed by atoms with E-state index in [2.05, 4.69) is 25.8 Å². The molecular formula is C34H26N6O13S3. The molecule has 0 aliphatic carbocycles. The lowest BCUT2D eigenvalue weighted by Crippen LogP contribution is -2.11. The van der Waals surface area contributed by atoms with Gasteiger partial charge < -0.3 is 26.0 Å². The Morgan fingerprint density at radius 3 is 1.95 bits per heavy atom. The number of aromatic hydroxyl groups is 2. The molecule has 0 aliphatic rings. The molecular weight excluding hydrogens is 797 g/mol. The molecule has 0 heterocycles. The Hall–Kier alpha value is -6.56. The van der Waals surface area contributed by atoms with Crippen LogP contribution in [0.2, 0.25) is 0 Å². The Balaban J connectivity index is 1.32. The maximum absolute atomic E-state index is 12.7. The van der Waals surface area contributed by atoms with Gasteiger partial charge in [0.2, 0.25) is 0 Å². The highest BCUT2D eigenvalue weighted by atomic mass is 32.2. The summed E-state index contributed by atoms with van der Waals surface area (Å²) in [6.07, 6.45) is 0. The Kier molecular flexibility index (Phi) is 10.2. The molecule has 6 rings (SSSR count). The highest BCUT2D eigenvalue weighted by Crippen LogP contribution is 2.45. The number of benzene rings is 6. The van der Waals surface area contributed by atoms with E-state index < -0.39 is 68.1 Å². The minimum atomic E-state index is -5.04. The topological polar surface area (TPSA) is 317 Å². The van der Waals surface area contributed by atoms with Crippen molar-refractivity contribution < 1.29 is 58.7 Å². The molecule has 0 saturated carbocycles. The van der Waals surface area contributed by atoms with Crippen LogP contribution in [0.1, 0.15) is 10.4 Å². The number of phenols is 2. The summed E-state index contributed by atoms with van der Waals surface area (Å²) in [5.74, 6) is -1.86. The van der Waals surface area contributed by atoms with Crippen LogP contribution in [0.4, 0.5) is 34.1 Å². The SMILES string of the molecule is COc1cc(N=Nc2c(S(=O)(=O)O)cc3cc(NC(=O)c4ccc(N)cc4)ccc3c2O)c(O)cc1N=Nc1ccc2c(S(=O)(=O)O)cc(S(=O)(=O)O)cc2c1. The summed E-state index contributed by atoms with van der Waals surface area (Å²) in [6, 6.07) is 18.6. The van der Waals surface area contributed by atoms with Crippen LogP contribution in [0.15, 0.2) is 126 Å². The number of nitrogens with zero attached hydrogens (tertiary/aromatic N) is 4. The van der Waals surface area contributed by atoms with Crippen LogP contribution in [0.25, 0.3) is 21.5 Å². The third-order valence-corrected chi connectivity index (χ3v) is 10.6. The fourth-order valence-corrected chi connectivity index (χ4v) is 7.38. The second-order valence-corrected chi connectivity index (χ2v) is 16.0. The number of carbonyl (C=O) groups is 1. The molecule has 6 aromatic carbocycles. The van der Waals surface area contributed by atoms with E-state index in [0.717, 1.165) is 24.3 Å². The molecule has 0 atom stereocenters. The van der Waals surface area contributed by atoms with E-state index in [9.17, 15) is 53.9 Å². The number of amides is 1. The van der Waals surface area contributed by atoms with E-state index >= 15 is 0 Å². The highest BCUT2D eigenvalue weighted by Gasteiger charge is 2.24. The van der Waals surface area contributed by atoms with Crippen molar-refractivity contribution in [3.05, 3.63) is 96.6 Å². The average Bonchev–Trinajstić information content (AvgIpc) is 3.12. The van der Waals surface area contributed by atoms with E-state index in [1.54, 1.807) is 0 Å². The smallest absolute Gasteiger partial charge is 0.296 e. The summed E-state index contributed by atoms with van der Waals surface area (Å²) in [7, 11) is -13.6. The molecule has 6 aromatic rings. The molecule has 0 saturated heterocycles. The van der Waals surface area contributed by atoms with Crippen LogP contribution in [0, 0.1) is 0 Å². The number of azo groups is 2. The number of nitrogens with one attached hydrogen (secondary N) is 1. The number of anilines is 2. The second kappa shape index (κ2) is 14.6. The standard InChI is InChI=1S/C34H26N6O13S3/c1-53-29-16-26(28(41)15-27(29)39-37-22-7-8-24-18(11-22)12-23(54(44,45)46)14-30(24)55(47,48)49)38-40-32-31(56(50,51)52)13-19-10-21(6-9-25(19)33(32)42)36-34(43)17-2-4-20(35)5-3-17/h2-16,41-42H,35H2,1H3,(H,36,43)(H,44,45,46)(H,47,48,49)(H,50,51,52). The summed E-state index contributed by atoms with van der Waals surface area (Å²) < 4.78 is 107. The van der Waals surface area contributed by atoms with Crippen molar-refractivity contribution in [3.8, 4) is 17.2 Å². The normalized spacial score (nSPS) is 12.5. The van der Waals surface area contributed by atoms with E-state index in [4.69, 9.17) is 10.5 Å². The van der Waals surface area contributed by atoms with E-state index in [-0.39, 0.29) is 55.6 Å². The van der Waals surface area contributed by atoms with Crippen LogP contribution < -0.4 is 15.8 Å². The van der Waals surface area contributed by atoms with Crippen LogP contribution in [-0.4, -0.2) is 62.1 Å². The number of ether oxygens (including phenoxy) is 1. The molecule has 0 aromatic heterocycles. The molecule has 1 amide bonds. The Labute approximate surface area is 316 Å². The van der Waals surface area contributed by atoms with Crippen LogP contribution >= 0.6 is 0 Å². The van der Waals surface area contributed by atoms with Gasteiger partial charge in [-0.15, -0.1) is 15.3 Å². The van der Waals surface area contributed by atoms with Gasteiger partial charge in [0, 0.05) is 39.8 Å². The molecule has 0 unspecified atom stereocenters.